The van der Waals surface area contributed by atoms with Crippen LogP contribution in [0.1, 0.15) is 19.3 Å². The van der Waals surface area contributed by atoms with E-state index in [9.17, 15) is 9.59 Å². The van der Waals surface area contributed by atoms with Crippen LogP contribution in [-0.2, 0) is 9.59 Å². The molecule has 2 aromatic heterocycles. The number of nitrogens with zero attached hydrogens (tertiary/aromatic N) is 4. The van der Waals surface area contributed by atoms with Crippen molar-refractivity contribution in [1.82, 2.24) is 19.7 Å². The van der Waals surface area contributed by atoms with Gasteiger partial charge in [-0.15, -0.1) is 11.8 Å². The number of likely N-dealkylation sites (tertiary alicyclic amines) is 1. The van der Waals surface area contributed by atoms with E-state index in [2.05, 4.69) is 15.4 Å². The standard InChI is InChI=1S/C24H25N5O2S/c30-22(17-32-20-6-11-25-12-7-20)28-14-8-24(9-15-28)16-21(24)23(31)27-18-2-4-19(5-3-18)29-13-1-10-26-29/h1-7,10-13,21H,8-9,14-17H2,(H,27,31). The second-order valence-electron chi connectivity index (χ2n) is 8.46. The molecule has 1 aromatic carbocycles. The highest BCUT2D eigenvalue weighted by atomic mass is 32.2. The van der Waals surface area contributed by atoms with Crippen molar-refractivity contribution in [3.63, 3.8) is 0 Å². The third-order valence-electron chi connectivity index (χ3n) is 6.53. The van der Waals surface area contributed by atoms with E-state index in [1.54, 1.807) is 35.0 Å². The van der Waals surface area contributed by atoms with E-state index in [-0.39, 0.29) is 23.1 Å². The van der Waals surface area contributed by atoms with Gasteiger partial charge in [0, 0.05) is 54.4 Å². The molecule has 164 valence electrons. The van der Waals surface area contributed by atoms with Gasteiger partial charge < -0.3 is 10.2 Å². The Labute approximate surface area is 191 Å². The van der Waals surface area contributed by atoms with Crippen molar-refractivity contribution in [3.05, 3.63) is 67.3 Å². The number of carbonyl (C=O) groups is 2. The number of anilines is 1. The van der Waals surface area contributed by atoms with Crippen molar-refractivity contribution in [2.75, 3.05) is 24.2 Å². The Bertz CT molecular complexity index is 1080. The molecule has 0 radical (unpaired) electrons. The third-order valence-corrected chi connectivity index (χ3v) is 7.53. The summed E-state index contributed by atoms with van der Waals surface area (Å²) in [6, 6.07) is 13.4. The lowest BCUT2D eigenvalue weighted by Crippen LogP contribution is -2.41. The monoisotopic (exact) mass is 447 g/mol. The van der Waals surface area contributed by atoms with Gasteiger partial charge in [-0.3, -0.25) is 14.6 Å². The van der Waals surface area contributed by atoms with Gasteiger partial charge in [-0.05, 0) is 67.1 Å². The number of aromatic nitrogens is 3. The van der Waals surface area contributed by atoms with E-state index in [4.69, 9.17) is 0 Å². The average molecular weight is 448 g/mol. The lowest BCUT2D eigenvalue weighted by atomic mass is 9.90. The van der Waals surface area contributed by atoms with Crippen LogP contribution in [0, 0.1) is 11.3 Å². The normalized spacial score (nSPS) is 19.0. The first-order valence-electron chi connectivity index (χ1n) is 10.8. The molecule has 1 atom stereocenters. The van der Waals surface area contributed by atoms with Crippen LogP contribution in [0.4, 0.5) is 5.69 Å². The Hall–Kier alpha value is -3.13. The molecule has 1 aliphatic heterocycles. The first-order chi connectivity index (χ1) is 15.6. The van der Waals surface area contributed by atoms with Gasteiger partial charge in [0.2, 0.25) is 11.8 Å². The van der Waals surface area contributed by atoms with Crippen LogP contribution in [0.5, 0.6) is 0 Å². The van der Waals surface area contributed by atoms with Crippen LogP contribution in [-0.4, -0.2) is 50.3 Å². The second-order valence-corrected chi connectivity index (χ2v) is 9.51. The molecule has 1 saturated heterocycles. The number of piperidine rings is 1. The summed E-state index contributed by atoms with van der Waals surface area (Å²) in [6.45, 7) is 1.47. The van der Waals surface area contributed by atoms with E-state index in [0.29, 0.717) is 5.75 Å². The van der Waals surface area contributed by atoms with E-state index >= 15 is 0 Å². The zero-order valence-corrected chi connectivity index (χ0v) is 18.5. The van der Waals surface area contributed by atoms with Crippen molar-refractivity contribution in [2.45, 2.75) is 24.2 Å². The van der Waals surface area contributed by atoms with E-state index < -0.39 is 0 Å². The molecule has 3 heterocycles. The number of thioether (sulfide) groups is 1. The molecular formula is C24H25N5O2S. The minimum Gasteiger partial charge on any atom is -0.342 e. The molecule has 1 N–H and O–H groups in total. The predicted molar refractivity (Wildman–Crippen MR) is 124 cm³/mol. The van der Waals surface area contributed by atoms with Crippen molar-refractivity contribution >= 4 is 29.3 Å². The largest absolute Gasteiger partial charge is 0.342 e. The van der Waals surface area contributed by atoms with Gasteiger partial charge in [0.25, 0.3) is 0 Å². The highest BCUT2D eigenvalue weighted by Crippen LogP contribution is 2.59. The Balaban J connectivity index is 1.10. The lowest BCUT2D eigenvalue weighted by molar-refractivity contribution is -0.130. The highest BCUT2D eigenvalue weighted by molar-refractivity contribution is 8.00. The first-order valence-corrected chi connectivity index (χ1v) is 11.8. The SMILES string of the molecule is O=C(Nc1ccc(-n2cccn2)cc1)C1CC12CCN(C(=O)CSc1ccncc1)CC2. The number of amides is 2. The molecule has 7 nitrogen and oxygen atoms in total. The molecular weight excluding hydrogens is 422 g/mol. The Kier molecular flexibility index (Phi) is 5.70. The van der Waals surface area contributed by atoms with Crippen LogP contribution in [0.25, 0.3) is 5.69 Å². The molecule has 2 aliphatic rings. The number of hydrogen-bond acceptors (Lipinski definition) is 5. The molecule has 8 heteroatoms. The zero-order valence-electron chi connectivity index (χ0n) is 17.7. The molecule has 1 spiro atoms. The second kappa shape index (κ2) is 8.78. The summed E-state index contributed by atoms with van der Waals surface area (Å²) >= 11 is 1.54. The molecule has 3 aromatic rings. The number of pyridine rings is 1. The van der Waals surface area contributed by atoms with Gasteiger partial charge in [-0.1, -0.05) is 0 Å². The summed E-state index contributed by atoms with van der Waals surface area (Å²) in [5, 5.41) is 7.28. The van der Waals surface area contributed by atoms with Gasteiger partial charge in [0.1, 0.15) is 0 Å². The van der Waals surface area contributed by atoms with Crippen molar-refractivity contribution in [3.8, 4) is 5.69 Å². The minimum absolute atomic E-state index is 0.0386. The van der Waals surface area contributed by atoms with Crippen molar-refractivity contribution in [2.24, 2.45) is 11.3 Å². The number of hydrogen-bond donors (Lipinski definition) is 1. The average Bonchev–Trinajstić information content (AvgIpc) is 3.25. The molecule has 32 heavy (non-hydrogen) atoms. The van der Waals surface area contributed by atoms with Gasteiger partial charge in [-0.25, -0.2) is 4.68 Å². The van der Waals surface area contributed by atoms with E-state index in [1.165, 1.54) is 0 Å². The number of nitrogens with one attached hydrogen (secondary N) is 1. The topological polar surface area (TPSA) is 80.1 Å². The molecule has 1 saturated carbocycles. The van der Waals surface area contributed by atoms with E-state index in [0.717, 1.165) is 48.6 Å². The van der Waals surface area contributed by atoms with Crippen LogP contribution in [0.15, 0.2) is 72.1 Å². The summed E-state index contributed by atoms with van der Waals surface area (Å²) in [5.41, 5.74) is 1.82. The Morgan fingerprint density at radius 1 is 1.06 bits per heavy atom. The minimum atomic E-state index is 0.0386. The highest BCUT2D eigenvalue weighted by Gasteiger charge is 2.58. The Morgan fingerprint density at radius 3 is 2.50 bits per heavy atom. The van der Waals surface area contributed by atoms with Gasteiger partial charge in [0.05, 0.1) is 11.4 Å². The Morgan fingerprint density at radius 2 is 1.81 bits per heavy atom. The van der Waals surface area contributed by atoms with Gasteiger partial charge >= 0.3 is 0 Å². The van der Waals surface area contributed by atoms with Crippen molar-refractivity contribution < 1.29 is 9.59 Å². The number of rotatable bonds is 6. The maximum Gasteiger partial charge on any atom is 0.232 e. The van der Waals surface area contributed by atoms with Gasteiger partial charge in [-0.2, -0.15) is 5.10 Å². The van der Waals surface area contributed by atoms with Crippen LogP contribution in [0.3, 0.4) is 0 Å². The maximum atomic E-state index is 12.8. The maximum absolute atomic E-state index is 12.8. The predicted octanol–water partition coefficient (Wildman–Crippen LogP) is 3.63. The van der Waals surface area contributed by atoms with Crippen LogP contribution >= 0.6 is 11.8 Å². The van der Waals surface area contributed by atoms with Crippen LogP contribution in [0.2, 0.25) is 0 Å². The van der Waals surface area contributed by atoms with Gasteiger partial charge in [0.15, 0.2) is 0 Å². The summed E-state index contributed by atoms with van der Waals surface area (Å²) in [5.74, 6) is 0.734. The molecule has 5 rings (SSSR count). The molecule has 2 fully saturated rings. The fourth-order valence-corrected chi connectivity index (χ4v) is 5.28. The summed E-state index contributed by atoms with van der Waals surface area (Å²) < 4.78 is 1.78. The quantitative estimate of drug-likeness (QED) is 0.584. The molecule has 1 aliphatic carbocycles. The summed E-state index contributed by atoms with van der Waals surface area (Å²) in [4.78, 5) is 32.4. The van der Waals surface area contributed by atoms with E-state index in [1.807, 2.05) is 53.6 Å². The first kappa shape index (κ1) is 20.8. The molecule has 2 amide bonds. The molecule has 1 unspecified atom stereocenters. The smallest absolute Gasteiger partial charge is 0.232 e. The summed E-state index contributed by atoms with van der Waals surface area (Å²) in [7, 11) is 0. The number of carbonyl (C=O) groups excluding carboxylic acids is 2. The van der Waals surface area contributed by atoms with Crippen LogP contribution < -0.4 is 5.32 Å². The number of benzene rings is 1. The summed E-state index contributed by atoms with van der Waals surface area (Å²) in [6.07, 6.45) is 9.81. The zero-order chi connectivity index (χ0) is 22.0. The van der Waals surface area contributed by atoms with Crippen molar-refractivity contribution in [1.29, 1.82) is 0 Å². The molecule has 0 bridgehead atoms. The fourth-order valence-electron chi connectivity index (χ4n) is 4.49. The third kappa shape index (κ3) is 4.41. The lowest BCUT2D eigenvalue weighted by Gasteiger charge is -2.32. The fraction of sp³-hybridized carbons (Fsp3) is 0.333.